The summed E-state index contributed by atoms with van der Waals surface area (Å²) in [5.74, 6) is 0.0111. The maximum Gasteiger partial charge on any atom is 0.270 e. The smallest absolute Gasteiger partial charge is 0.270 e. The number of rotatable bonds is 5. The fourth-order valence-electron chi connectivity index (χ4n) is 2.71. The van der Waals surface area contributed by atoms with Crippen molar-refractivity contribution in [1.82, 2.24) is 10.3 Å². The van der Waals surface area contributed by atoms with Crippen molar-refractivity contribution in [2.75, 3.05) is 0 Å². The summed E-state index contributed by atoms with van der Waals surface area (Å²) < 4.78 is 5.64. The summed E-state index contributed by atoms with van der Waals surface area (Å²) in [6.45, 7) is 4.21. The number of benzene rings is 1. The average molecular weight is 336 g/mol. The van der Waals surface area contributed by atoms with Gasteiger partial charge >= 0.3 is 0 Å². The maximum absolute atomic E-state index is 12.4. The van der Waals surface area contributed by atoms with Crippen LogP contribution in [0, 0.1) is 0 Å². The number of amides is 1. The van der Waals surface area contributed by atoms with Crippen LogP contribution < -0.4 is 10.1 Å². The van der Waals surface area contributed by atoms with Crippen molar-refractivity contribution < 1.29 is 14.3 Å². The van der Waals surface area contributed by atoms with Gasteiger partial charge in [-0.3, -0.25) is 9.59 Å². The normalized spacial score (nSPS) is 17.2. The van der Waals surface area contributed by atoms with Crippen LogP contribution in [0.15, 0.2) is 60.7 Å². The van der Waals surface area contributed by atoms with E-state index in [1.54, 1.807) is 18.2 Å². The minimum absolute atomic E-state index is 0.00100. The van der Waals surface area contributed by atoms with Crippen LogP contribution in [0.5, 0.6) is 5.88 Å². The molecule has 1 saturated carbocycles. The van der Waals surface area contributed by atoms with Crippen LogP contribution in [0.2, 0.25) is 0 Å². The fourth-order valence-corrected chi connectivity index (χ4v) is 2.71. The molecule has 0 bridgehead atoms. The van der Waals surface area contributed by atoms with Gasteiger partial charge in [0, 0.05) is 12.5 Å². The van der Waals surface area contributed by atoms with Crippen molar-refractivity contribution in [2.24, 2.45) is 0 Å². The minimum atomic E-state index is -0.464. The van der Waals surface area contributed by atoms with Crippen LogP contribution in [-0.2, 0) is 11.4 Å². The van der Waals surface area contributed by atoms with Gasteiger partial charge in [-0.2, -0.15) is 0 Å². The zero-order valence-corrected chi connectivity index (χ0v) is 13.9. The van der Waals surface area contributed by atoms with E-state index < -0.39 is 6.04 Å². The van der Waals surface area contributed by atoms with Crippen LogP contribution in [0.1, 0.15) is 35.3 Å². The van der Waals surface area contributed by atoms with Gasteiger partial charge in [-0.1, -0.05) is 48.6 Å². The monoisotopic (exact) mass is 336 g/mol. The highest BCUT2D eigenvalue weighted by Gasteiger charge is 2.26. The number of pyridine rings is 1. The van der Waals surface area contributed by atoms with Crippen molar-refractivity contribution in [3.05, 3.63) is 71.9 Å². The van der Waals surface area contributed by atoms with Crippen LogP contribution >= 0.6 is 0 Å². The van der Waals surface area contributed by atoms with Gasteiger partial charge in [-0.25, -0.2) is 4.98 Å². The van der Waals surface area contributed by atoms with Gasteiger partial charge in [0.1, 0.15) is 12.3 Å². The first-order chi connectivity index (χ1) is 12.1. The molecule has 1 heterocycles. The fraction of sp³-hybridized carbons (Fsp3) is 0.250. The molecule has 25 heavy (non-hydrogen) atoms. The molecule has 0 spiro atoms. The molecule has 1 amide bonds. The van der Waals surface area contributed by atoms with E-state index in [9.17, 15) is 9.59 Å². The Morgan fingerprint density at radius 3 is 2.76 bits per heavy atom. The van der Waals surface area contributed by atoms with E-state index in [0.717, 1.165) is 17.6 Å². The number of allylic oxidation sites excluding steroid dienone is 1. The lowest BCUT2D eigenvalue weighted by Gasteiger charge is -2.23. The maximum atomic E-state index is 12.4. The Balaban J connectivity index is 1.61. The second kappa shape index (κ2) is 7.75. The van der Waals surface area contributed by atoms with Crippen LogP contribution in [-0.4, -0.2) is 22.7 Å². The Morgan fingerprint density at radius 2 is 2.00 bits per heavy atom. The van der Waals surface area contributed by atoms with Crippen LogP contribution in [0.4, 0.5) is 0 Å². The van der Waals surface area contributed by atoms with Gasteiger partial charge in [0.25, 0.3) is 5.91 Å². The molecule has 0 saturated heterocycles. The Hall–Kier alpha value is -2.95. The topological polar surface area (TPSA) is 68.3 Å². The predicted molar refractivity (Wildman–Crippen MR) is 94.3 cm³/mol. The Labute approximate surface area is 146 Å². The molecular formula is C20H20N2O3. The molecule has 1 atom stereocenters. The zero-order valence-electron chi connectivity index (χ0n) is 13.9. The highest BCUT2D eigenvalue weighted by molar-refractivity contribution is 5.97. The van der Waals surface area contributed by atoms with E-state index in [0.29, 0.717) is 25.3 Å². The van der Waals surface area contributed by atoms with Crippen molar-refractivity contribution in [3.8, 4) is 5.88 Å². The highest BCUT2D eigenvalue weighted by Crippen LogP contribution is 2.19. The number of nitrogens with zero attached hydrogens (tertiary/aromatic N) is 1. The van der Waals surface area contributed by atoms with E-state index in [1.165, 1.54) is 0 Å². The quantitative estimate of drug-likeness (QED) is 0.852. The van der Waals surface area contributed by atoms with Gasteiger partial charge in [0.2, 0.25) is 5.88 Å². The summed E-state index contributed by atoms with van der Waals surface area (Å²) in [6.07, 6.45) is 1.68. The van der Waals surface area contributed by atoms with Gasteiger partial charge in [0.15, 0.2) is 5.78 Å². The second-order valence-electron chi connectivity index (χ2n) is 6.09. The Kier molecular flexibility index (Phi) is 5.23. The van der Waals surface area contributed by atoms with E-state index in [4.69, 9.17) is 4.74 Å². The molecule has 1 aromatic carbocycles. The predicted octanol–water partition coefficient (Wildman–Crippen LogP) is 3.07. The molecule has 1 fully saturated rings. The first-order valence-electron chi connectivity index (χ1n) is 8.26. The van der Waals surface area contributed by atoms with Crippen molar-refractivity contribution >= 4 is 11.7 Å². The number of Topliss-reactive ketones (excluding diaryl/α,β-unsaturated/α-hetero) is 1. The number of hydrogen-bond donors (Lipinski definition) is 1. The molecule has 5 heteroatoms. The number of nitrogens with one attached hydrogen (secondary N) is 1. The highest BCUT2D eigenvalue weighted by atomic mass is 16.5. The average Bonchev–Trinajstić information content (AvgIpc) is 2.63. The molecule has 1 N–H and O–H groups in total. The lowest BCUT2D eigenvalue weighted by molar-refractivity contribution is -0.121. The molecule has 0 radical (unpaired) electrons. The summed E-state index contributed by atoms with van der Waals surface area (Å²) in [7, 11) is 0. The van der Waals surface area contributed by atoms with Gasteiger partial charge < -0.3 is 10.1 Å². The third kappa shape index (κ3) is 4.53. The van der Waals surface area contributed by atoms with Crippen LogP contribution in [0.25, 0.3) is 0 Å². The lowest BCUT2D eigenvalue weighted by Crippen LogP contribution is -2.43. The van der Waals surface area contributed by atoms with Gasteiger partial charge in [0.05, 0.1) is 6.04 Å². The molecule has 1 aliphatic rings. The second-order valence-corrected chi connectivity index (χ2v) is 6.09. The Bertz CT molecular complexity index is 787. The largest absolute Gasteiger partial charge is 0.473 e. The third-order valence-corrected chi connectivity index (χ3v) is 4.09. The SMILES string of the molecule is C=C1CCC(NC(=O)c2cccc(OCc3ccccc3)n2)C(=O)C1. The summed E-state index contributed by atoms with van der Waals surface area (Å²) in [6, 6.07) is 14.3. The van der Waals surface area contributed by atoms with Crippen molar-refractivity contribution in [2.45, 2.75) is 31.9 Å². The molecule has 2 aromatic rings. The van der Waals surface area contributed by atoms with E-state index >= 15 is 0 Å². The lowest BCUT2D eigenvalue weighted by atomic mass is 9.90. The molecule has 3 rings (SSSR count). The Morgan fingerprint density at radius 1 is 1.20 bits per heavy atom. The first-order valence-corrected chi connectivity index (χ1v) is 8.26. The summed E-state index contributed by atoms with van der Waals surface area (Å²) >= 11 is 0. The summed E-state index contributed by atoms with van der Waals surface area (Å²) in [4.78, 5) is 28.6. The van der Waals surface area contributed by atoms with Gasteiger partial charge in [-0.15, -0.1) is 0 Å². The zero-order chi connectivity index (χ0) is 17.6. The number of hydrogen-bond acceptors (Lipinski definition) is 4. The van der Waals surface area contributed by atoms with E-state index in [2.05, 4.69) is 16.9 Å². The minimum Gasteiger partial charge on any atom is -0.473 e. The molecule has 1 aromatic heterocycles. The van der Waals surface area contributed by atoms with E-state index in [-0.39, 0.29) is 17.4 Å². The molecule has 1 aliphatic carbocycles. The van der Waals surface area contributed by atoms with Crippen LogP contribution in [0.3, 0.4) is 0 Å². The molecule has 5 nitrogen and oxygen atoms in total. The summed E-state index contributed by atoms with van der Waals surface area (Å²) in [5.41, 5.74) is 2.18. The first kappa shape index (κ1) is 16.9. The third-order valence-electron chi connectivity index (χ3n) is 4.09. The number of ketones is 1. The van der Waals surface area contributed by atoms with Crippen molar-refractivity contribution in [1.29, 1.82) is 0 Å². The van der Waals surface area contributed by atoms with Crippen molar-refractivity contribution in [3.63, 3.8) is 0 Å². The molecular weight excluding hydrogens is 316 g/mol. The molecule has 128 valence electrons. The molecule has 1 unspecified atom stereocenters. The standard InChI is InChI=1S/C20H20N2O3/c1-14-10-11-16(18(23)12-14)22-20(24)17-8-5-9-19(21-17)25-13-15-6-3-2-4-7-15/h2-9,16H,1,10-13H2,(H,22,24). The number of carbonyl (C=O) groups is 2. The number of carbonyl (C=O) groups excluding carboxylic acids is 2. The summed E-state index contributed by atoms with van der Waals surface area (Å²) in [5, 5.41) is 2.76. The van der Waals surface area contributed by atoms with Gasteiger partial charge in [-0.05, 0) is 24.5 Å². The number of aromatic nitrogens is 1. The number of ether oxygens (including phenoxy) is 1. The molecule has 0 aliphatic heterocycles. The van der Waals surface area contributed by atoms with E-state index in [1.807, 2.05) is 30.3 Å².